The number of carbonyl (C=O) groups is 1. The molecule has 6 nitrogen and oxygen atoms in total. The number of nitrogens with one attached hydrogen (secondary N) is 1. The molecule has 0 spiro atoms. The number of amides is 1. The highest BCUT2D eigenvalue weighted by molar-refractivity contribution is 7.98. The van der Waals surface area contributed by atoms with Gasteiger partial charge in [0.05, 0.1) is 36.1 Å². The smallest absolute Gasteiger partial charge is 0.255 e. The van der Waals surface area contributed by atoms with Crippen molar-refractivity contribution in [2.75, 3.05) is 11.9 Å². The van der Waals surface area contributed by atoms with Crippen molar-refractivity contribution in [3.05, 3.63) is 113 Å². The van der Waals surface area contributed by atoms with Gasteiger partial charge in [0.15, 0.2) is 5.16 Å². The molecule has 1 amide bonds. The van der Waals surface area contributed by atoms with Crippen molar-refractivity contribution >= 4 is 46.0 Å². The molecule has 5 rings (SSSR count). The summed E-state index contributed by atoms with van der Waals surface area (Å²) in [4.78, 5) is 22.0. The molecule has 0 fully saturated rings. The van der Waals surface area contributed by atoms with Gasteiger partial charge in [-0.25, -0.2) is 4.98 Å². The molecule has 0 aliphatic carbocycles. The number of imidazole rings is 1. The van der Waals surface area contributed by atoms with Gasteiger partial charge in [-0.05, 0) is 60.5 Å². The highest BCUT2D eigenvalue weighted by atomic mass is 35.5. The van der Waals surface area contributed by atoms with Gasteiger partial charge in [-0.1, -0.05) is 59.8 Å². The van der Waals surface area contributed by atoms with Gasteiger partial charge in [0.2, 0.25) is 0 Å². The molecular weight excluding hydrogens is 504 g/mol. The van der Waals surface area contributed by atoms with Crippen LogP contribution >= 0.6 is 23.4 Å². The molecule has 2 aromatic heterocycles. The fourth-order valence-corrected chi connectivity index (χ4v) is 5.15. The molecule has 37 heavy (non-hydrogen) atoms. The molecule has 186 valence electrons. The molecule has 3 aromatic carbocycles. The SMILES string of the molecule is CCOc1ccccc1NC(=O)c1ccc(Cn2c(SCc3cccc(Cl)c3)nc3ccncc32)cc1. The first-order valence-corrected chi connectivity index (χ1v) is 13.3. The number of hydrogen-bond acceptors (Lipinski definition) is 5. The molecule has 5 aromatic rings. The predicted molar refractivity (Wildman–Crippen MR) is 150 cm³/mol. The minimum Gasteiger partial charge on any atom is -0.492 e. The van der Waals surface area contributed by atoms with E-state index in [1.165, 1.54) is 0 Å². The number of hydrogen-bond donors (Lipinski definition) is 1. The highest BCUT2D eigenvalue weighted by Gasteiger charge is 2.14. The van der Waals surface area contributed by atoms with Crippen molar-refractivity contribution in [1.29, 1.82) is 0 Å². The van der Waals surface area contributed by atoms with E-state index in [1.54, 1.807) is 18.0 Å². The number of fused-ring (bicyclic) bond motifs is 1. The number of aromatic nitrogens is 3. The lowest BCUT2D eigenvalue weighted by atomic mass is 10.1. The molecule has 0 bridgehead atoms. The van der Waals surface area contributed by atoms with Crippen LogP contribution < -0.4 is 10.1 Å². The van der Waals surface area contributed by atoms with Crippen LogP contribution in [0.1, 0.15) is 28.4 Å². The van der Waals surface area contributed by atoms with Crippen LogP contribution in [0.4, 0.5) is 5.69 Å². The number of anilines is 1. The molecule has 2 heterocycles. The van der Waals surface area contributed by atoms with Crippen molar-refractivity contribution in [3.8, 4) is 5.75 Å². The number of rotatable bonds is 9. The van der Waals surface area contributed by atoms with E-state index in [9.17, 15) is 4.79 Å². The summed E-state index contributed by atoms with van der Waals surface area (Å²) in [6.45, 7) is 3.05. The van der Waals surface area contributed by atoms with Crippen molar-refractivity contribution < 1.29 is 9.53 Å². The number of thioether (sulfide) groups is 1. The van der Waals surface area contributed by atoms with E-state index in [4.69, 9.17) is 21.3 Å². The summed E-state index contributed by atoms with van der Waals surface area (Å²) in [6, 6.07) is 24.8. The van der Waals surface area contributed by atoms with E-state index >= 15 is 0 Å². The lowest BCUT2D eigenvalue weighted by Crippen LogP contribution is -2.13. The van der Waals surface area contributed by atoms with Crippen LogP contribution in [-0.2, 0) is 12.3 Å². The predicted octanol–water partition coefficient (Wildman–Crippen LogP) is 7.08. The number of nitrogens with zero attached hydrogens (tertiary/aromatic N) is 3. The van der Waals surface area contributed by atoms with E-state index in [2.05, 4.69) is 20.9 Å². The van der Waals surface area contributed by atoms with E-state index < -0.39 is 0 Å². The Balaban J connectivity index is 1.33. The second-order valence-electron chi connectivity index (χ2n) is 8.34. The Morgan fingerprint density at radius 3 is 2.68 bits per heavy atom. The van der Waals surface area contributed by atoms with Gasteiger partial charge in [-0.2, -0.15) is 0 Å². The molecular formula is C29H25ClN4O2S. The van der Waals surface area contributed by atoms with Gasteiger partial charge in [0.25, 0.3) is 5.91 Å². The fourth-order valence-electron chi connectivity index (χ4n) is 3.98. The molecule has 0 unspecified atom stereocenters. The molecule has 0 saturated heterocycles. The Morgan fingerprint density at radius 1 is 1.03 bits per heavy atom. The minimum atomic E-state index is -0.186. The van der Waals surface area contributed by atoms with Crippen molar-refractivity contribution in [3.63, 3.8) is 0 Å². The third-order valence-corrected chi connectivity index (χ3v) is 7.05. The molecule has 0 saturated carbocycles. The Morgan fingerprint density at radius 2 is 1.86 bits per heavy atom. The number of carbonyl (C=O) groups excluding carboxylic acids is 1. The average Bonchev–Trinajstić information content (AvgIpc) is 3.26. The van der Waals surface area contributed by atoms with Gasteiger partial charge in [0, 0.05) is 22.5 Å². The fraction of sp³-hybridized carbons (Fsp3) is 0.138. The highest BCUT2D eigenvalue weighted by Crippen LogP contribution is 2.28. The minimum absolute atomic E-state index is 0.186. The summed E-state index contributed by atoms with van der Waals surface area (Å²) in [7, 11) is 0. The number of benzene rings is 3. The lowest BCUT2D eigenvalue weighted by molar-refractivity contribution is 0.102. The molecule has 0 aliphatic rings. The normalized spacial score (nSPS) is 11.0. The number of pyridine rings is 1. The summed E-state index contributed by atoms with van der Waals surface area (Å²) in [5, 5.41) is 4.57. The number of ether oxygens (including phenoxy) is 1. The summed E-state index contributed by atoms with van der Waals surface area (Å²) >= 11 is 7.82. The monoisotopic (exact) mass is 528 g/mol. The second-order valence-corrected chi connectivity index (χ2v) is 9.72. The molecule has 0 radical (unpaired) electrons. The largest absolute Gasteiger partial charge is 0.492 e. The summed E-state index contributed by atoms with van der Waals surface area (Å²) in [5.41, 5.74) is 5.27. The molecule has 0 aliphatic heterocycles. The van der Waals surface area contributed by atoms with Crippen LogP contribution in [0, 0.1) is 0 Å². The van der Waals surface area contributed by atoms with E-state index in [0.717, 1.165) is 38.1 Å². The van der Waals surface area contributed by atoms with E-state index in [0.29, 0.717) is 30.2 Å². The Bertz CT molecular complexity index is 1540. The van der Waals surface area contributed by atoms with E-state index in [1.807, 2.05) is 85.9 Å². The summed E-state index contributed by atoms with van der Waals surface area (Å²) in [5.74, 6) is 1.21. The van der Waals surface area contributed by atoms with Gasteiger partial charge in [-0.3, -0.25) is 9.78 Å². The van der Waals surface area contributed by atoms with Crippen molar-refractivity contribution in [2.24, 2.45) is 0 Å². The van der Waals surface area contributed by atoms with Gasteiger partial charge < -0.3 is 14.6 Å². The quantitative estimate of drug-likeness (QED) is 0.207. The summed E-state index contributed by atoms with van der Waals surface area (Å²) in [6.07, 6.45) is 3.59. The zero-order chi connectivity index (χ0) is 25.6. The van der Waals surface area contributed by atoms with Crippen LogP contribution in [0.15, 0.2) is 96.4 Å². The maximum atomic E-state index is 12.9. The maximum Gasteiger partial charge on any atom is 0.255 e. The number of para-hydroxylation sites is 2. The Kier molecular flexibility index (Phi) is 7.73. The van der Waals surface area contributed by atoms with Crippen molar-refractivity contribution in [2.45, 2.75) is 24.4 Å². The Labute approximate surface area is 224 Å². The van der Waals surface area contributed by atoms with Crippen LogP contribution in [0.25, 0.3) is 11.0 Å². The van der Waals surface area contributed by atoms with Crippen LogP contribution in [0.5, 0.6) is 5.75 Å². The average molecular weight is 529 g/mol. The number of halogens is 1. The first-order valence-electron chi connectivity index (χ1n) is 11.9. The third-order valence-electron chi connectivity index (χ3n) is 5.76. The molecule has 0 atom stereocenters. The van der Waals surface area contributed by atoms with Gasteiger partial charge in [-0.15, -0.1) is 0 Å². The van der Waals surface area contributed by atoms with Crippen molar-refractivity contribution in [1.82, 2.24) is 14.5 Å². The third kappa shape index (κ3) is 5.96. The molecule has 1 N–H and O–H groups in total. The summed E-state index contributed by atoms with van der Waals surface area (Å²) < 4.78 is 7.77. The zero-order valence-electron chi connectivity index (χ0n) is 20.2. The van der Waals surface area contributed by atoms with Crippen LogP contribution in [-0.4, -0.2) is 27.0 Å². The zero-order valence-corrected chi connectivity index (χ0v) is 21.8. The van der Waals surface area contributed by atoms with Gasteiger partial charge in [0.1, 0.15) is 5.75 Å². The first-order chi connectivity index (χ1) is 18.1. The van der Waals surface area contributed by atoms with E-state index in [-0.39, 0.29) is 5.91 Å². The molecule has 8 heteroatoms. The Hall–Kier alpha value is -3.81. The van der Waals surface area contributed by atoms with Gasteiger partial charge >= 0.3 is 0 Å². The standard InChI is InChI=1S/C29H25ClN4O2S/c1-2-36-27-9-4-3-8-25(27)32-28(35)22-12-10-20(11-13-22)18-34-26-17-31-15-14-24(26)33-29(34)37-19-21-6-5-7-23(30)16-21/h3-17H,2,18-19H2,1H3,(H,32,35). The maximum absolute atomic E-state index is 12.9. The van der Waals surface area contributed by atoms with Crippen LogP contribution in [0.2, 0.25) is 5.02 Å². The van der Waals surface area contributed by atoms with Crippen LogP contribution in [0.3, 0.4) is 0 Å². The lowest BCUT2D eigenvalue weighted by Gasteiger charge is -2.12. The topological polar surface area (TPSA) is 69.0 Å². The second kappa shape index (κ2) is 11.5. The first kappa shape index (κ1) is 24.9.